The first-order valence-electron chi connectivity index (χ1n) is 7.15. The van der Waals surface area contributed by atoms with Crippen molar-refractivity contribution < 1.29 is 5.11 Å². The van der Waals surface area contributed by atoms with Crippen LogP contribution in [0.15, 0.2) is 48.5 Å². The lowest BCUT2D eigenvalue weighted by Crippen LogP contribution is -2.17. The van der Waals surface area contributed by atoms with E-state index in [1.165, 1.54) is 16.8 Å². The first-order valence-corrected chi connectivity index (χ1v) is 7.15. The molecule has 106 valence electrons. The Labute approximate surface area is 121 Å². The summed E-state index contributed by atoms with van der Waals surface area (Å²) >= 11 is 0. The molecule has 0 radical (unpaired) electrons. The van der Waals surface area contributed by atoms with Crippen molar-refractivity contribution in [2.24, 2.45) is 0 Å². The second-order valence-corrected chi connectivity index (χ2v) is 5.30. The van der Waals surface area contributed by atoms with Gasteiger partial charge in [0.2, 0.25) is 0 Å². The van der Waals surface area contributed by atoms with Crippen molar-refractivity contribution in [2.75, 3.05) is 11.9 Å². The molecule has 0 saturated carbocycles. The van der Waals surface area contributed by atoms with E-state index >= 15 is 0 Å². The molecular formula is C18H23NO. The fraction of sp³-hybridized carbons (Fsp3) is 0.333. The van der Waals surface area contributed by atoms with E-state index in [0.29, 0.717) is 0 Å². The van der Waals surface area contributed by atoms with E-state index in [9.17, 15) is 5.11 Å². The van der Waals surface area contributed by atoms with Crippen molar-refractivity contribution >= 4 is 5.69 Å². The van der Waals surface area contributed by atoms with E-state index in [1.807, 2.05) is 19.1 Å². The van der Waals surface area contributed by atoms with Crippen LogP contribution in [0.25, 0.3) is 0 Å². The Morgan fingerprint density at radius 2 is 1.70 bits per heavy atom. The molecule has 0 aliphatic heterocycles. The van der Waals surface area contributed by atoms with Crippen LogP contribution in [0.4, 0.5) is 5.69 Å². The molecule has 1 N–H and O–H groups in total. The fourth-order valence-corrected chi connectivity index (χ4v) is 2.32. The summed E-state index contributed by atoms with van der Waals surface area (Å²) in [7, 11) is 2.09. The van der Waals surface area contributed by atoms with Gasteiger partial charge in [-0.25, -0.2) is 0 Å². The maximum Gasteiger partial charge on any atom is 0.0787 e. The number of hydrogen-bond acceptors (Lipinski definition) is 2. The predicted octanol–water partition coefficient (Wildman–Crippen LogP) is 4.07. The third-order valence-electron chi connectivity index (χ3n) is 3.77. The van der Waals surface area contributed by atoms with Crippen LogP contribution in [-0.2, 0) is 6.54 Å². The maximum atomic E-state index is 9.82. The van der Waals surface area contributed by atoms with Gasteiger partial charge in [-0.1, -0.05) is 43.3 Å². The molecule has 2 rings (SSSR count). The van der Waals surface area contributed by atoms with E-state index in [2.05, 4.69) is 55.3 Å². The lowest BCUT2D eigenvalue weighted by atomic mass is 10.1. The summed E-state index contributed by atoms with van der Waals surface area (Å²) in [5, 5.41) is 9.82. The van der Waals surface area contributed by atoms with Crippen LogP contribution in [0.3, 0.4) is 0 Å². The first-order chi connectivity index (χ1) is 9.61. The van der Waals surface area contributed by atoms with Crippen LogP contribution in [0.5, 0.6) is 0 Å². The summed E-state index contributed by atoms with van der Waals surface area (Å²) in [5.41, 5.74) is 4.81. The molecule has 0 amide bonds. The first kappa shape index (κ1) is 14.6. The second kappa shape index (κ2) is 6.58. The fourth-order valence-electron chi connectivity index (χ4n) is 2.32. The van der Waals surface area contributed by atoms with E-state index in [4.69, 9.17) is 0 Å². The van der Waals surface area contributed by atoms with Crippen molar-refractivity contribution in [2.45, 2.75) is 32.9 Å². The molecule has 0 unspecified atom stereocenters. The van der Waals surface area contributed by atoms with Crippen molar-refractivity contribution in [3.05, 3.63) is 65.2 Å². The van der Waals surface area contributed by atoms with Gasteiger partial charge in [0.25, 0.3) is 0 Å². The summed E-state index contributed by atoms with van der Waals surface area (Å²) in [6, 6.07) is 16.6. The highest BCUT2D eigenvalue weighted by Gasteiger charge is 2.07. The molecule has 2 nitrogen and oxygen atoms in total. The average Bonchev–Trinajstić information content (AvgIpc) is 2.49. The molecule has 2 aromatic carbocycles. The zero-order valence-corrected chi connectivity index (χ0v) is 12.5. The standard InChI is InChI=1S/C18H23NO/c1-4-18(20)15-9-11-17(12-10-15)19(3)13-16-8-6-5-7-14(16)2/h5-12,18,20H,4,13H2,1-3H3/t18-/m1/s1. The molecule has 0 saturated heterocycles. The van der Waals surface area contributed by atoms with E-state index in [0.717, 1.165) is 18.5 Å². The lowest BCUT2D eigenvalue weighted by Gasteiger charge is -2.21. The number of anilines is 1. The number of rotatable bonds is 5. The zero-order valence-electron chi connectivity index (χ0n) is 12.5. The van der Waals surface area contributed by atoms with Crippen molar-refractivity contribution in [1.29, 1.82) is 0 Å². The molecule has 0 spiro atoms. The van der Waals surface area contributed by atoms with Gasteiger partial charge in [0, 0.05) is 19.3 Å². The average molecular weight is 269 g/mol. The normalized spacial score (nSPS) is 12.2. The van der Waals surface area contributed by atoms with Gasteiger partial charge in [-0.2, -0.15) is 0 Å². The van der Waals surface area contributed by atoms with Crippen molar-refractivity contribution in [3.63, 3.8) is 0 Å². The lowest BCUT2D eigenvalue weighted by molar-refractivity contribution is 0.173. The number of nitrogens with zero attached hydrogens (tertiary/aromatic N) is 1. The molecule has 0 aromatic heterocycles. The Bertz CT molecular complexity index is 548. The van der Waals surface area contributed by atoms with Gasteiger partial charge in [-0.3, -0.25) is 0 Å². The minimum absolute atomic E-state index is 0.356. The van der Waals surface area contributed by atoms with Crippen LogP contribution in [0, 0.1) is 6.92 Å². The minimum Gasteiger partial charge on any atom is -0.388 e. The third-order valence-corrected chi connectivity index (χ3v) is 3.77. The number of aliphatic hydroxyl groups excluding tert-OH is 1. The molecule has 2 heteroatoms. The molecule has 0 aliphatic rings. The van der Waals surface area contributed by atoms with E-state index in [-0.39, 0.29) is 6.10 Å². The maximum absolute atomic E-state index is 9.82. The van der Waals surface area contributed by atoms with Crippen LogP contribution in [0.1, 0.15) is 36.1 Å². The Kier molecular flexibility index (Phi) is 4.80. The van der Waals surface area contributed by atoms with E-state index in [1.54, 1.807) is 0 Å². The Morgan fingerprint density at radius 1 is 1.05 bits per heavy atom. The number of aliphatic hydroxyl groups is 1. The molecule has 0 heterocycles. The quantitative estimate of drug-likeness (QED) is 0.884. The molecule has 2 aromatic rings. The molecule has 0 aliphatic carbocycles. The monoisotopic (exact) mass is 269 g/mol. The van der Waals surface area contributed by atoms with Crippen LogP contribution >= 0.6 is 0 Å². The van der Waals surface area contributed by atoms with Crippen molar-refractivity contribution in [3.8, 4) is 0 Å². The second-order valence-electron chi connectivity index (χ2n) is 5.30. The molecule has 20 heavy (non-hydrogen) atoms. The largest absolute Gasteiger partial charge is 0.388 e. The van der Waals surface area contributed by atoms with Gasteiger partial charge in [0.1, 0.15) is 0 Å². The van der Waals surface area contributed by atoms with Crippen LogP contribution in [0.2, 0.25) is 0 Å². The molecular weight excluding hydrogens is 246 g/mol. The highest BCUT2D eigenvalue weighted by atomic mass is 16.3. The summed E-state index contributed by atoms with van der Waals surface area (Å²) in [5.74, 6) is 0. The molecule has 0 fully saturated rings. The van der Waals surface area contributed by atoms with E-state index < -0.39 is 0 Å². The molecule has 0 bridgehead atoms. The summed E-state index contributed by atoms with van der Waals surface area (Å²) < 4.78 is 0. The van der Waals surface area contributed by atoms with Gasteiger partial charge in [0.15, 0.2) is 0 Å². The predicted molar refractivity (Wildman–Crippen MR) is 85.0 cm³/mol. The molecule has 1 atom stereocenters. The minimum atomic E-state index is -0.356. The number of hydrogen-bond donors (Lipinski definition) is 1. The summed E-state index contributed by atoms with van der Waals surface area (Å²) in [6.45, 7) is 5.02. The highest BCUT2D eigenvalue weighted by molar-refractivity contribution is 5.48. The highest BCUT2D eigenvalue weighted by Crippen LogP contribution is 2.22. The van der Waals surface area contributed by atoms with Gasteiger partial charge < -0.3 is 10.0 Å². The SMILES string of the molecule is CC[C@@H](O)c1ccc(N(C)Cc2ccccc2C)cc1. The summed E-state index contributed by atoms with van der Waals surface area (Å²) in [6.07, 6.45) is 0.393. The van der Waals surface area contributed by atoms with Gasteiger partial charge in [-0.05, 0) is 42.2 Å². The smallest absolute Gasteiger partial charge is 0.0787 e. The van der Waals surface area contributed by atoms with Crippen molar-refractivity contribution in [1.82, 2.24) is 0 Å². The summed E-state index contributed by atoms with van der Waals surface area (Å²) in [4.78, 5) is 2.23. The zero-order chi connectivity index (χ0) is 14.5. The van der Waals surface area contributed by atoms with Gasteiger partial charge in [-0.15, -0.1) is 0 Å². The van der Waals surface area contributed by atoms with Gasteiger partial charge in [0.05, 0.1) is 6.10 Å². The van der Waals surface area contributed by atoms with Crippen LogP contribution < -0.4 is 4.90 Å². The third kappa shape index (κ3) is 3.40. The van der Waals surface area contributed by atoms with Gasteiger partial charge >= 0.3 is 0 Å². The Hall–Kier alpha value is -1.80. The number of aryl methyl sites for hydroxylation is 1. The van der Waals surface area contributed by atoms with Crippen LogP contribution in [-0.4, -0.2) is 12.2 Å². The Morgan fingerprint density at radius 3 is 2.30 bits per heavy atom. The Balaban J connectivity index is 2.10. The topological polar surface area (TPSA) is 23.5 Å². The number of benzene rings is 2.